The monoisotopic (exact) mass is 379 g/mol. The second kappa shape index (κ2) is 7.20. The van der Waals surface area contributed by atoms with E-state index in [0.717, 1.165) is 34.1 Å². The number of aryl methyl sites for hydroxylation is 1. The first-order valence-electron chi connectivity index (χ1n) is 9.18. The van der Waals surface area contributed by atoms with Crippen molar-refractivity contribution in [1.29, 1.82) is 0 Å². The van der Waals surface area contributed by atoms with Gasteiger partial charge in [0, 0.05) is 28.7 Å². The van der Waals surface area contributed by atoms with Crippen molar-refractivity contribution < 1.29 is 4.79 Å². The van der Waals surface area contributed by atoms with Gasteiger partial charge in [0.1, 0.15) is 0 Å². The van der Waals surface area contributed by atoms with Gasteiger partial charge in [-0.15, -0.1) is 0 Å². The van der Waals surface area contributed by atoms with Gasteiger partial charge in [0.05, 0.1) is 11.4 Å². The van der Waals surface area contributed by atoms with E-state index in [1.807, 2.05) is 73.1 Å². The quantitative estimate of drug-likeness (QED) is 0.706. The Bertz CT molecular complexity index is 963. The highest BCUT2D eigenvalue weighted by Gasteiger charge is 2.43. The molecule has 2 unspecified atom stereocenters. The second-order valence-electron chi connectivity index (χ2n) is 7.11. The van der Waals surface area contributed by atoms with E-state index in [0.29, 0.717) is 12.5 Å². The van der Waals surface area contributed by atoms with E-state index >= 15 is 0 Å². The third kappa shape index (κ3) is 3.62. The van der Waals surface area contributed by atoms with Crippen molar-refractivity contribution in [2.75, 3.05) is 0 Å². The minimum Gasteiger partial charge on any atom is -0.352 e. The zero-order valence-corrected chi connectivity index (χ0v) is 16.2. The number of rotatable bonds is 5. The Labute approximate surface area is 164 Å². The fraction of sp³-hybridized carbons (Fsp3) is 0.273. The number of hydrogen-bond donors (Lipinski definition) is 1. The maximum atomic E-state index is 12.6. The van der Waals surface area contributed by atoms with Crippen LogP contribution in [0.5, 0.6) is 0 Å². The number of benzene rings is 2. The van der Waals surface area contributed by atoms with E-state index in [4.69, 9.17) is 11.6 Å². The number of nitrogens with one attached hydrogen (secondary N) is 1. The maximum Gasteiger partial charge on any atom is 0.224 e. The predicted octanol–water partition coefficient (Wildman–Crippen LogP) is 4.56. The molecule has 4 nitrogen and oxygen atoms in total. The molecule has 0 aliphatic heterocycles. The maximum absolute atomic E-state index is 12.6. The Morgan fingerprint density at radius 2 is 1.85 bits per heavy atom. The molecule has 2 aromatic carbocycles. The van der Waals surface area contributed by atoms with Gasteiger partial charge in [0.2, 0.25) is 5.91 Å². The highest BCUT2D eigenvalue weighted by Crippen LogP contribution is 2.47. The lowest BCUT2D eigenvalue weighted by molar-refractivity contribution is -0.122. The van der Waals surface area contributed by atoms with Crippen molar-refractivity contribution in [3.8, 4) is 5.69 Å². The molecule has 5 heteroatoms. The average Bonchev–Trinajstić information content (AvgIpc) is 3.42. The summed E-state index contributed by atoms with van der Waals surface area (Å²) in [6, 6.07) is 17.8. The molecule has 1 aliphatic carbocycles. The van der Waals surface area contributed by atoms with Gasteiger partial charge in [-0.3, -0.25) is 4.79 Å². The molecule has 0 bridgehead atoms. The zero-order valence-electron chi connectivity index (χ0n) is 15.4. The molecular formula is C22H22ClN3O. The highest BCUT2D eigenvalue weighted by atomic mass is 35.5. The molecule has 3 aromatic rings. The van der Waals surface area contributed by atoms with Crippen LogP contribution in [0.25, 0.3) is 5.69 Å². The first-order chi connectivity index (χ1) is 13.0. The number of halogens is 1. The van der Waals surface area contributed by atoms with Gasteiger partial charge in [-0.05, 0) is 56.0 Å². The van der Waals surface area contributed by atoms with Crippen molar-refractivity contribution in [1.82, 2.24) is 15.1 Å². The molecule has 1 N–H and O–H groups in total. The number of carbonyl (C=O) groups excluding carboxylic acids is 1. The topological polar surface area (TPSA) is 46.9 Å². The summed E-state index contributed by atoms with van der Waals surface area (Å²) >= 11 is 5.94. The first kappa shape index (κ1) is 17.8. The van der Waals surface area contributed by atoms with E-state index in [1.54, 1.807) is 0 Å². The lowest BCUT2D eigenvalue weighted by Gasteiger charge is -2.07. The normalized spacial score (nSPS) is 18.3. The van der Waals surface area contributed by atoms with E-state index in [9.17, 15) is 4.79 Å². The summed E-state index contributed by atoms with van der Waals surface area (Å²) in [5, 5.41) is 8.47. The summed E-state index contributed by atoms with van der Waals surface area (Å²) in [6.07, 6.45) is 0.898. The van der Waals surface area contributed by atoms with Gasteiger partial charge in [-0.1, -0.05) is 41.9 Å². The number of aromatic nitrogens is 2. The Hall–Kier alpha value is -2.59. The van der Waals surface area contributed by atoms with Crippen molar-refractivity contribution >= 4 is 17.5 Å². The lowest BCUT2D eigenvalue weighted by atomic mass is 10.1. The van der Waals surface area contributed by atoms with Crippen molar-refractivity contribution in [3.05, 3.63) is 82.1 Å². The number of hydrogen-bond acceptors (Lipinski definition) is 2. The van der Waals surface area contributed by atoms with E-state index in [1.165, 1.54) is 5.56 Å². The van der Waals surface area contributed by atoms with Gasteiger partial charge in [-0.2, -0.15) is 5.10 Å². The summed E-state index contributed by atoms with van der Waals surface area (Å²) in [5.74, 6) is 0.466. The Balaban J connectivity index is 1.41. The molecule has 1 amide bonds. The molecule has 27 heavy (non-hydrogen) atoms. The fourth-order valence-corrected chi connectivity index (χ4v) is 3.75. The van der Waals surface area contributed by atoms with Crippen LogP contribution in [0, 0.1) is 19.8 Å². The molecule has 4 rings (SSSR count). The molecule has 0 radical (unpaired) electrons. The molecule has 0 spiro atoms. The van der Waals surface area contributed by atoms with Crippen LogP contribution in [0.2, 0.25) is 5.02 Å². The molecule has 1 fully saturated rings. The van der Waals surface area contributed by atoms with Gasteiger partial charge in [-0.25, -0.2) is 4.68 Å². The predicted molar refractivity (Wildman–Crippen MR) is 107 cm³/mol. The minimum atomic E-state index is 0.0518. The van der Waals surface area contributed by atoms with Crippen LogP contribution in [-0.2, 0) is 11.3 Å². The average molecular weight is 380 g/mol. The van der Waals surface area contributed by atoms with Gasteiger partial charge < -0.3 is 5.32 Å². The standard InChI is InChI=1S/C22H22ClN3O/c1-14-21(15(2)26(25-14)18-6-4-3-5-7-18)13-24-22(27)20-12-19(20)16-8-10-17(23)11-9-16/h3-11,19-20H,12-13H2,1-2H3,(H,24,27). The Morgan fingerprint density at radius 1 is 1.15 bits per heavy atom. The van der Waals surface area contributed by atoms with Crippen molar-refractivity contribution in [3.63, 3.8) is 0 Å². The molecule has 138 valence electrons. The van der Waals surface area contributed by atoms with Gasteiger partial charge in [0.25, 0.3) is 0 Å². The number of para-hydroxylation sites is 1. The molecule has 1 aromatic heterocycles. The van der Waals surface area contributed by atoms with Gasteiger partial charge in [0.15, 0.2) is 0 Å². The first-order valence-corrected chi connectivity index (χ1v) is 9.56. The van der Waals surface area contributed by atoms with Gasteiger partial charge >= 0.3 is 0 Å². The van der Waals surface area contributed by atoms with Crippen LogP contribution < -0.4 is 5.32 Å². The zero-order chi connectivity index (χ0) is 19.0. The van der Waals surface area contributed by atoms with E-state index in [2.05, 4.69) is 10.4 Å². The summed E-state index contributed by atoms with van der Waals surface area (Å²) in [7, 11) is 0. The van der Waals surface area contributed by atoms with Crippen molar-refractivity contribution in [2.24, 2.45) is 5.92 Å². The Kier molecular flexibility index (Phi) is 4.75. The molecule has 2 atom stereocenters. The lowest BCUT2D eigenvalue weighted by Crippen LogP contribution is -2.25. The van der Waals surface area contributed by atoms with Crippen LogP contribution >= 0.6 is 11.6 Å². The second-order valence-corrected chi connectivity index (χ2v) is 7.55. The van der Waals surface area contributed by atoms with E-state index in [-0.39, 0.29) is 11.8 Å². The SMILES string of the molecule is Cc1nn(-c2ccccc2)c(C)c1CNC(=O)C1CC1c1ccc(Cl)cc1. The van der Waals surface area contributed by atoms with Crippen LogP contribution in [0.15, 0.2) is 54.6 Å². The molecule has 1 saturated carbocycles. The number of amides is 1. The molecule has 0 saturated heterocycles. The molecule has 1 aliphatic rings. The third-order valence-electron chi connectivity index (χ3n) is 5.31. The summed E-state index contributed by atoms with van der Waals surface area (Å²) in [5.41, 5.74) is 5.30. The fourth-order valence-electron chi connectivity index (χ4n) is 3.62. The van der Waals surface area contributed by atoms with Crippen LogP contribution in [0.4, 0.5) is 0 Å². The Morgan fingerprint density at radius 3 is 2.56 bits per heavy atom. The smallest absolute Gasteiger partial charge is 0.224 e. The third-order valence-corrected chi connectivity index (χ3v) is 5.56. The minimum absolute atomic E-state index is 0.0518. The molecular weight excluding hydrogens is 358 g/mol. The van der Waals surface area contributed by atoms with Crippen LogP contribution in [0.3, 0.4) is 0 Å². The number of nitrogens with zero attached hydrogens (tertiary/aromatic N) is 2. The van der Waals surface area contributed by atoms with Crippen LogP contribution in [-0.4, -0.2) is 15.7 Å². The van der Waals surface area contributed by atoms with Crippen molar-refractivity contribution in [2.45, 2.75) is 32.7 Å². The largest absolute Gasteiger partial charge is 0.352 e. The summed E-state index contributed by atoms with van der Waals surface area (Å²) in [4.78, 5) is 12.6. The molecule has 1 heterocycles. The summed E-state index contributed by atoms with van der Waals surface area (Å²) in [6.45, 7) is 4.54. The van der Waals surface area contributed by atoms with Crippen LogP contribution in [0.1, 0.15) is 34.9 Å². The highest BCUT2D eigenvalue weighted by molar-refractivity contribution is 6.30. The summed E-state index contributed by atoms with van der Waals surface area (Å²) < 4.78 is 1.93. The number of carbonyl (C=O) groups is 1. The van der Waals surface area contributed by atoms with E-state index < -0.39 is 0 Å².